The maximum absolute atomic E-state index is 12.6. The van der Waals surface area contributed by atoms with Crippen molar-refractivity contribution in [1.82, 2.24) is 15.5 Å². The Bertz CT molecular complexity index is 763. The van der Waals surface area contributed by atoms with E-state index in [1.54, 1.807) is 12.4 Å². The van der Waals surface area contributed by atoms with Crippen LogP contribution >= 0.6 is 0 Å². The minimum Gasteiger partial charge on any atom is -0.359 e. The van der Waals surface area contributed by atoms with Gasteiger partial charge in [0, 0.05) is 30.4 Å². The highest BCUT2D eigenvalue weighted by atomic mass is 16.5. The molecule has 136 valence electrons. The fourth-order valence-corrected chi connectivity index (χ4v) is 6.14. The first-order valence-electron chi connectivity index (χ1n) is 9.80. The summed E-state index contributed by atoms with van der Waals surface area (Å²) in [5.41, 5.74) is 1.95. The first-order chi connectivity index (χ1) is 12.7. The Labute approximate surface area is 153 Å². The van der Waals surface area contributed by atoms with Gasteiger partial charge in [0.05, 0.1) is 6.54 Å². The summed E-state index contributed by atoms with van der Waals surface area (Å²) in [7, 11) is 0. The molecule has 1 N–H and O–H groups in total. The van der Waals surface area contributed by atoms with Crippen LogP contribution in [0, 0.1) is 23.2 Å². The number of amides is 1. The summed E-state index contributed by atoms with van der Waals surface area (Å²) in [6.07, 6.45) is 12.2. The van der Waals surface area contributed by atoms with Crippen molar-refractivity contribution >= 4 is 5.91 Å². The highest BCUT2D eigenvalue weighted by Gasteiger charge is 2.51. The van der Waals surface area contributed by atoms with Gasteiger partial charge in [0.25, 0.3) is 0 Å². The summed E-state index contributed by atoms with van der Waals surface area (Å²) in [5, 5.41) is 7.13. The molecule has 2 heterocycles. The van der Waals surface area contributed by atoms with Crippen LogP contribution in [0.15, 0.2) is 35.1 Å². The second kappa shape index (κ2) is 6.22. The molecule has 0 saturated heterocycles. The summed E-state index contributed by atoms with van der Waals surface area (Å²) < 4.78 is 5.37. The van der Waals surface area contributed by atoms with Crippen LogP contribution in [0.4, 0.5) is 0 Å². The molecule has 0 unspecified atom stereocenters. The standard InChI is InChI=1S/C21H25N3O2/c25-20(11-21-8-14-4-15(9-21)6-16(5-14)10-21)23-13-18-7-19(24-26-18)17-2-1-3-22-12-17/h1-3,7,12,14-16H,4-6,8-11,13H2,(H,23,25). The number of carbonyl (C=O) groups excluding carboxylic acids is 1. The molecule has 0 aliphatic heterocycles. The lowest BCUT2D eigenvalue weighted by molar-refractivity contribution is -0.129. The minimum atomic E-state index is 0.159. The lowest BCUT2D eigenvalue weighted by Crippen LogP contribution is -2.47. The molecule has 2 aromatic heterocycles. The van der Waals surface area contributed by atoms with E-state index in [0.717, 1.165) is 29.0 Å². The summed E-state index contributed by atoms with van der Waals surface area (Å²) >= 11 is 0. The monoisotopic (exact) mass is 351 g/mol. The number of nitrogens with zero attached hydrogens (tertiary/aromatic N) is 2. The minimum absolute atomic E-state index is 0.159. The molecular formula is C21H25N3O2. The topological polar surface area (TPSA) is 68.0 Å². The average molecular weight is 351 g/mol. The Balaban J connectivity index is 1.19. The molecule has 5 heteroatoms. The van der Waals surface area contributed by atoms with E-state index in [-0.39, 0.29) is 11.3 Å². The van der Waals surface area contributed by atoms with Crippen molar-refractivity contribution in [3.63, 3.8) is 0 Å². The molecule has 5 nitrogen and oxygen atoms in total. The van der Waals surface area contributed by atoms with Crippen molar-refractivity contribution in [2.45, 2.75) is 51.5 Å². The van der Waals surface area contributed by atoms with Gasteiger partial charge >= 0.3 is 0 Å². The zero-order valence-corrected chi connectivity index (χ0v) is 15.0. The molecule has 4 aliphatic rings. The summed E-state index contributed by atoms with van der Waals surface area (Å²) in [4.78, 5) is 16.7. The van der Waals surface area contributed by atoms with Crippen molar-refractivity contribution in [3.05, 3.63) is 36.4 Å². The van der Waals surface area contributed by atoms with E-state index in [0.29, 0.717) is 18.7 Å². The van der Waals surface area contributed by atoms with Crippen LogP contribution in [0.5, 0.6) is 0 Å². The molecule has 26 heavy (non-hydrogen) atoms. The van der Waals surface area contributed by atoms with Crippen molar-refractivity contribution in [2.75, 3.05) is 0 Å². The number of nitrogens with one attached hydrogen (secondary N) is 1. The molecule has 0 atom stereocenters. The first kappa shape index (κ1) is 16.0. The largest absolute Gasteiger partial charge is 0.359 e. The first-order valence-corrected chi connectivity index (χ1v) is 9.80. The number of hydrogen-bond acceptors (Lipinski definition) is 4. The Morgan fingerprint density at radius 2 is 1.92 bits per heavy atom. The normalized spacial score (nSPS) is 31.9. The Hall–Kier alpha value is -2.17. The van der Waals surface area contributed by atoms with Crippen molar-refractivity contribution in [1.29, 1.82) is 0 Å². The zero-order valence-electron chi connectivity index (χ0n) is 15.0. The van der Waals surface area contributed by atoms with Crippen LogP contribution in [0.1, 0.15) is 50.7 Å². The molecule has 0 radical (unpaired) electrons. The molecule has 0 spiro atoms. The maximum atomic E-state index is 12.6. The molecule has 4 saturated carbocycles. The second-order valence-electron chi connectivity index (χ2n) is 8.79. The SMILES string of the molecule is O=C(CC12CC3CC(CC(C3)C1)C2)NCc1cc(-c2cccnc2)no1. The lowest BCUT2D eigenvalue weighted by Gasteiger charge is -2.56. The smallest absolute Gasteiger partial charge is 0.220 e. The Kier molecular flexibility index (Phi) is 3.84. The summed E-state index contributed by atoms with van der Waals surface area (Å²) in [6.45, 7) is 0.401. The number of hydrogen-bond donors (Lipinski definition) is 1. The molecule has 1 amide bonds. The predicted octanol–water partition coefficient (Wildman–Crippen LogP) is 3.96. The van der Waals surface area contributed by atoms with E-state index in [1.807, 2.05) is 18.2 Å². The van der Waals surface area contributed by atoms with Gasteiger partial charge < -0.3 is 9.84 Å². The van der Waals surface area contributed by atoms with Gasteiger partial charge in [-0.15, -0.1) is 0 Å². The highest BCUT2D eigenvalue weighted by molar-refractivity contribution is 5.76. The number of rotatable bonds is 5. The van der Waals surface area contributed by atoms with Crippen molar-refractivity contribution in [2.24, 2.45) is 23.2 Å². The quantitative estimate of drug-likeness (QED) is 0.885. The Morgan fingerprint density at radius 1 is 1.19 bits per heavy atom. The molecule has 4 fully saturated rings. The number of pyridine rings is 1. The molecular weight excluding hydrogens is 326 g/mol. The molecule has 0 aromatic carbocycles. The molecule has 4 bridgehead atoms. The van der Waals surface area contributed by atoms with Gasteiger partial charge in [-0.2, -0.15) is 0 Å². The fourth-order valence-electron chi connectivity index (χ4n) is 6.14. The maximum Gasteiger partial charge on any atom is 0.220 e. The van der Waals surface area contributed by atoms with Gasteiger partial charge in [0.2, 0.25) is 5.91 Å². The van der Waals surface area contributed by atoms with Gasteiger partial charge in [-0.3, -0.25) is 9.78 Å². The van der Waals surface area contributed by atoms with E-state index in [1.165, 1.54) is 38.5 Å². The van der Waals surface area contributed by atoms with E-state index in [2.05, 4.69) is 15.5 Å². The van der Waals surface area contributed by atoms with Gasteiger partial charge in [-0.25, -0.2) is 0 Å². The van der Waals surface area contributed by atoms with Crippen LogP contribution in [0.2, 0.25) is 0 Å². The molecule has 6 rings (SSSR count). The van der Waals surface area contributed by atoms with E-state index >= 15 is 0 Å². The van der Waals surface area contributed by atoms with E-state index in [4.69, 9.17) is 4.52 Å². The number of aromatic nitrogens is 2. The fraction of sp³-hybridized carbons (Fsp3) is 0.571. The van der Waals surface area contributed by atoms with Crippen molar-refractivity contribution in [3.8, 4) is 11.3 Å². The molecule has 2 aromatic rings. The third-order valence-electron chi connectivity index (χ3n) is 6.68. The second-order valence-corrected chi connectivity index (χ2v) is 8.79. The van der Waals surface area contributed by atoms with Crippen LogP contribution in [-0.2, 0) is 11.3 Å². The Morgan fingerprint density at radius 3 is 2.58 bits per heavy atom. The average Bonchev–Trinajstić information content (AvgIpc) is 3.08. The van der Waals surface area contributed by atoms with E-state index in [9.17, 15) is 4.79 Å². The molecule has 4 aliphatic carbocycles. The van der Waals surface area contributed by atoms with Gasteiger partial charge in [-0.05, 0) is 73.8 Å². The van der Waals surface area contributed by atoms with E-state index < -0.39 is 0 Å². The van der Waals surface area contributed by atoms with Crippen LogP contribution in [0.3, 0.4) is 0 Å². The summed E-state index contributed by atoms with van der Waals surface area (Å²) in [5.74, 6) is 3.48. The van der Waals surface area contributed by atoms with Gasteiger partial charge in [-0.1, -0.05) is 5.16 Å². The van der Waals surface area contributed by atoms with Crippen LogP contribution in [0.25, 0.3) is 11.3 Å². The third kappa shape index (κ3) is 3.04. The van der Waals surface area contributed by atoms with Crippen LogP contribution < -0.4 is 5.32 Å². The van der Waals surface area contributed by atoms with Crippen molar-refractivity contribution < 1.29 is 9.32 Å². The zero-order chi connectivity index (χ0) is 17.6. The lowest BCUT2D eigenvalue weighted by atomic mass is 9.49. The summed E-state index contributed by atoms with van der Waals surface area (Å²) in [6, 6.07) is 5.69. The van der Waals surface area contributed by atoms with Gasteiger partial charge in [0.1, 0.15) is 5.69 Å². The predicted molar refractivity (Wildman–Crippen MR) is 96.8 cm³/mol. The highest BCUT2D eigenvalue weighted by Crippen LogP contribution is 2.61. The van der Waals surface area contributed by atoms with Crippen LogP contribution in [-0.4, -0.2) is 16.0 Å². The third-order valence-corrected chi connectivity index (χ3v) is 6.68. The van der Waals surface area contributed by atoms with Gasteiger partial charge in [0.15, 0.2) is 5.76 Å². The number of carbonyl (C=O) groups is 1.